The van der Waals surface area contributed by atoms with Gasteiger partial charge in [-0.1, -0.05) is 13.8 Å². The molecule has 1 aromatic rings. The Kier molecular flexibility index (Phi) is 4.03. The van der Waals surface area contributed by atoms with Crippen LogP contribution in [0.4, 0.5) is 0 Å². The van der Waals surface area contributed by atoms with Gasteiger partial charge in [-0.15, -0.1) is 0 Å². The molecule has 0 saturated heterocycles. The molecule has 0 aliphatic carbocycles. The molecule has 80 valence electrons. The van der Waals surface area contributed by atoms with E-state index in [-0.39, 0.29) is 0 Å². The number of pyridine rings is 1. The second kappa shape index (κ2) is 5.29. The predicted octanol–water partition coefficient (Wildman–Crippen LogP) is 2.85. The average molecular weight is 204 g/mol. The molecule has 1 aromatic heterocycles. The van der Waals surface area contributed by atoms with Gasteiger partial charge in [0.2, 0.25) is 0 Å². The summed E-state index contributed by atoms with van der Waals surface area (Å²) in [5.41, 5.74) is 2.11. The maximum absolute atomic E-state index is 5.20. The summed E-state index contributed by atoms with van der Waals surface area (Å²) < 4.78 is 5.20. The highest BCUT2D eigenvalue weighted by Gasteiger charge is 2.05. The van der Waals surface area contributed by atoms with E-state index in [1.807, 2.05) is 6.20 Å². The second-order valence-electron chi connectivity index (χ2n) is 3.54. The number of aromatic nitrogens is 1. The van der Waals surface area contributed by atoms with E-state index in [1.165, 1.54) is 5.56 Å². The van der Waals surface area contributed by atoms with E-state index in [4.69, 9.17) is 4.74 Å². The van der Waals surface area contributed by atoms with Crippen LogP contribution in [-0.4, -0.2) is 18.8 Å². The number of ether oxygens (including phenoxy) is 1. The van der Waals surface area contributed by atoms with Gasteiger partial charge in [-0.2, -0.15) is 0 Å². The van der Waals surface area contributed by atoms with Crippen LogP contribution in [0.5, 0.6) is 0 Å². The van der Waals surface area contributed by atoms with E-state index in [2.05, 4.69) is 36.6 Å². The third-order valence-corrected chi connectivity index (χ3v) is 2.14. The molecule has 15 heavy (non-hydrogen) atoms. The smallest absolute Gasteiger partial charge is 0.145 e. The van der Waals surface area contributed by atoms with Crippen molar-refractivity contribution in [2.24, 2.45) is 4.99 Å². The Bertz CT molecular complexity index is 370. The van der Waals surface area contributed by atoms with Crippen LogP contribution in [0, 0.1) is 0 Å². The SMILES string of the molecule is C=N/C=C(\OC)c1cncc(C(C)C)c1. The van der Waals surface area contributed by atoms with Crippen LogP contribution in [0.3, 0.4) is 0 Å². The quantitative estimate of drug-likeness (QED) is 0.558. The van der Waals surface area contributed by atoms with Crippen molar-refractivity contribution in [2.75, 3.05) is 7.11 Å². The molecule has 1 rings (SSSR count). The lowest BCUT2D eigenvalue weighted by Crippen LogP contribution is -1.94. The molecule has 0 atom stereocenters. The zero-order valence-electron chi connectivity index (χ0n) is 9.40. The Morgan fingerprint density at radius 1 is 1.53 bits per heavy atom. The van der Waals surface area contributed by atoms with Crippen LogP contribution in [0.2, 0.25) is 0 Å². The first kappa shape index (κ1) is 11.4. The van der Waals surface area contributed by atoms with Gasteiger partial charge in [-0.25, -0.2) is 0 Å². The fraction of sp³-hybridized carbons (Fsp3) is 0.333. The lowest BCUT2D eigenvalue weighted by atomic mass is 10.0. The summed E-state index contributed by atoms with van der Waals surface area (Å²) in [6.45, 7) is 7.66. The van der Waals surface area contributed by atoms with Gasteiger partial charge < -0.3 is 4.74 Å². The fourth-order valence-electron chi connectivity index (χ4n) is 1.24. The fourth-order valence-corrected chi connectivity index (χ4v) is 1.24. The Balaban J connectivity index is 3.08. The first-order valence-corrected chi connectivity index (χ1v) is 4.84. The van der Waals surface area contributed by atoms with Crippen LogP contribution >= 0.6 is 0 Å². The first-order chi connectivity index (χ1) is 7.19. The van der Waals surface area contributed by atoms with E-state index >= 15 is 0 Å². The highest BCUT2D eigenvalue weighted by atomic mass is 16.5. The van der Waals surface area contributed by atoms with Crippen molar-refractivity contribution in [3.63, 3.8) is 0 Å². The van der Waals surface area contributed by atoms with Crippen LogP contribution < -0.4 is 0 Å². The number of methoxy groups -OCH3 is 1. The monoisotopic (exact) mass is 204 g/mol. The summed E-state index contributed by atoms with van der Waals surface area (Å²) >= 11 is 0. The topological polar surface area (TPSA) is 34.5 Å². The predicted molar refractivity (Wildman–Crippen MR) is 62.9 cm³/mol. The Morgan fingerprint density at radius 2 is 2.27 bits per heavy atom. The number of hydrogen-bond donors (Lipinski definition) is 0. The molecule has 0 saturated carbocycles. The van der Waals surface area contributed by atoms with Crippen molar-refractivity contribution in [1.82, 2.24) is 4.98 Å². The van der Waals surface area contributed by atoms with Crippen LogP contribution in [0.15, 0.2) is 29.7 Å². The van der Waals surface area contributed by atoms with Gasteiger partial charge in [0, 0.05) is 18.0 Å². The molecule has 0 unspecified atom stereocenters. The minimum absolute atomic E-state index is 0.451. The molecule has 0 aliphatic rings. The maximum atomic E-state index is 5.20. The molecule has 0 radical (unpaired) electrons. The Morgan fingerprint density at radius 3 is 2.80 bits per heavy atom. The lowest BCUT2D eigenvalue weighted by molar-refractivity contribution is 0.369. The molecule has 3 heteroatoms. The van der Waals surface area contributed by atoms with Gasteiger partial charge in [0.1, 0.15) is 5.76 Å². The summed E-state index contributed by atoms with van der Waals surface area (Å²) in [5.74, 6) is 1.13. The molecule has 0 aromatic carbocycles. The Hall–Kier alpha value is -1.64. The molecular weight excluding hydrogens is 188 g/mol. The molecular formula is C12H16N2O. The zero-order chi connectivity index (χ0) is 11.3. The highest BCUT2D eigenvalue weighted by Crippen LogP contribution is 2.19. The number of aliphatic imine (C=N–C) groups is 1. The molecule has 1 heterocycles. The summed E-state index contributed by atoms with van der Waals surface area (Å²) in [7, 11) is 1.61. The van der Waals surface area contributed by atoms with Crippen LogP contribution in [0.1, 0.15) is 30.9 Å². The Labute approximate surface area is 90.5 Å². The second-order valence-corrected chi connectivity index (χ2v) is 3.54. The lowest BCUT2D eigenvalue weighted by Gasteiger charge is -2.08. The molecule has 0 bridgehead atoms. The van der Waals surface area contributed by atoms with E-state index in [0.29, 0.717) is 11.7 Å². The van der Waals surface area contributed by atoms with Crippen molar-refractivity contribution in [1.29, 1.82) is 0 Å². The molecule has 0 aliphatic heterocycles. The van der Waals surface area contributed by atoms with Gasteiger partial charge in [-0.05, 0) is 24.3 Å². The highest BCUT2D eigenvalue weighted by molar-refractivity contribution is 5.60. The van der Waals surface area contributed by atoms with Crippen molar-refractivity contribution in [3.05, 3.63) is 35.8 Å². The zero-order valence-corrected chi connectivity index (χ0v) is 9.40. The maximum Gasteiger partial charge on any atom is 0.145 e. The molecule has 0 amide bonds. The third-order valence-electron chi connectivity index (χ3n) is 2.14. The standard InChI is InChI=1S/C12H16N2O/c1-9(2)10-5-11(7-14-6-10)12(15-4)8-13-3/h5-9H,3H2,1-2,4H3/b12-8-. The molecule has 0 spiro atoms. The molecule has 3 nitrogen and oxygen atoms in total. The van der Waals surface area contributed by atoms with Gasteiger partial charge in [0.05, 0.1) is 13.3 Å². The van der Waals surface area contributed by atoms with Gasteiger partial charge in [0.15, 0.2) is 0 Å². The molecule has 0 fully saturated rings. The third kappa shape index (κ3) is 2.91. The number of hydrogen-bond acceptors (Lipinski definition) is 3. The summed E-state index contributed by atoms with van der Waals surface area (Å²) in [6.07, 6.45) is 5.20. The largest absolute Gasteiger partial charge is 0.494 e. The normalized spacial score (nSPS) is 11.6. The van der Waals surface area contributed by atoms with Crippen molar-refractivity contribution in [2.45, 2.75) is 19.8 Å². The average Bonchev–Trinajstić information content (AvgIpc) is 2.26. The van der Waals surface area contributed by atoms with E-state index in [1.54, 1.807) is 19.5 Å². The van der Waals surface area contributed by atoms with Gasteiger partial charge in [-0.3, -0.25) is 9.98 Å². The minimum Gasteiger partial charge on any atom is -0.494 e. The number of nitrogens with zero attached hydrogens (tertiary/aromatic N) is 2. The summed E-state index contributed by atoms with van der Waals surface area (Å²) in [4.78, 5) is 7.87. The van der Waals surface area contributed by atoms with E-state index < -0.39 is 0 Å². The number of rotatable bonds is 4. The van der Waals surface area contributed by atoms with Crippen LogP contribution in [-0.2, 0) is 4.74 Å². The van der Waals surface area contributed by atoms with Gasteiger partial charge in [0.25, 0.3) is 0 Å². The first-order valence-electron chi connectivity index (χ1n) is 4.84. The molecule has 0 N–H and O–H groups in total. The van der Waals surface area contributed by atoms with E-state index in [9.17, 15) is 0 Å². The van der Waals surface area contributed by atoms with Crippen LogP contribution in [0.25, 0.3) is 5.76 Å². The minimum atomic E-state index is 0.451. The van der Waals surface area contributed by atoms with Crippen molar-refractivity contribution in [3.8, 4) is 0 Å². The van der Waals surface area contributed by atoms with Crippen molar-refractivity contribution >= 4 is 12.5 Å². The van der Waals surface area contributed by atoms with E-state index in [0.717, 1.165) is 5.56 Å². The summed E-state index contributed by atoms with van der Waals surface area (Å²) in [6, 6.07) is 2.05. The van der Waals surface area contributed by atoms with Crippen molar-refractivity contribution < 1.29 is 4.74 Å². The van der Waals surface area contributed by atoms with Gasteiger partial charge >= 0.3 is 0 Å². The summed E-state index contributed by atoms with van der Waals surface area (Å²) in [5, 5.41) is 0.